The minimum Gasteiger partial charge on any atom is -0.358 e. The SMILES string of the molecule is CNC(=O)C(Cl)C1CCCC(C)C1. The Balaban J connectivity index is 2.45. The number of carbonyl (C=O) groups is 1. The summed E-state index contributed by atoms with van der Waals surface area (Å²) in [6, 6.07) is 0. The fraction of sp³-hybridized carbons (Fsp3) is 0.900. The molecule has 3 heteroatoms. The van der Waals surface area contributed by atoms with Gasteiger partial charge in [-0.25, -0.2) is 0 Å². The average molecular weight is 204 g/mol. The lowest BCUT2D eigenvalue weighted by Gasteiger charge is -2.29. The molecule has 1 saturated carbocycles. The summed E-state index contributed by atoms with van der Waals surface area (Å²) >= 11 is 6.06. The van der Waals surface area contributed by atoms with E-state index in [4.69, 9.17) is 11.6 Å². The van der Waals surface area contributed by atoms with Gasteiger partial charge in [-0.1, -0.05) is 19.8 Å². The molecule has 3 unspecified atom stereocenters. The van der Waals surface area contributed by atoms with Crippen molar-refractivity contribution in [2.75, 3.05) is 7.05 Å². The van der Waals surface area contributed by atoms with Crippen LogP contribution in [0.25, 0.3) is 0 Å². The van der Waals surface area contributed by atoms with E-state index >= 15 is 0 Å². The predicted octanol–water partition coefficient (Wildman–Crippen LogP) is 2.17. The van der Waals surface area contributed by atoms with Crippen LogP contribution in [0.5, 0.6) is 0 Å². The van der Waals surface area contributed by atoms with Gasteiger partial charge in [0, 0.05) is 7.05 Å². The molecule has 13 heavy (non-hydrogen) atoms. The van der Waals surface area contributed by atoms with Crippen molar-refractivity contribution in [2.45, 2.75) is 38.0 Å². The number of carbonyl (C=O) groups excluding carboxylic acids is 1. The highest BCUT2D eigenvalue weighted by Gasteiger charge is 2.29. The zero-order chi connectivity index (χ0) is 9.84. The summed E-state index contributed by atoms with van der Waals surface area (Å²) in [5.41, 5.74) is 0. The van der Waals surface area contributed by atoms with Crippen LogP contribution in [0.15, 0.2) is 0 Å². The van der Waals surface area contributed by atoms with Crippen molar-refractivity contribution in [1.82, 2.24) is 5.32 Å². The topological polar surface area (TPSA) is 29.1 Å². The third-order valence-corrected chi connectivity index (χ3v) is 3.44. The normalized spacial score (nSPS) is 31.0. The van der Waals surface area contributed by atoms with Crippen molar-refractivity contribution >= 4 is 17.5 Å². The van der Waals surface area contributed by atoms with E-state index in [0.29, 0.717) is 5.92 Å². The van der Waals surface area contributed by atoms with E-state index in [2.05, 4.69) is 12.2 Å². The van der Waals surface area contributed by atoms with Gasteiger partial charge < -0.3 is 5.32 Å². The molecule has 0 radical (unpaired) electrons. The van der Waals surface area contributed by atoms with Crippen LogP contribution >= 0.6 is 11.6 Å². The maximum Gasteiger partial charge on any atom is 0.238 e. The first-order valence-corrected chi connectivity index (χ1v) is 5.44. The molecule has 0 saturated heterocycles. The molecule has 0 aromatic carbocycles. The van der Waals surface area contributed by atoms with E-state index in [1.54, 1.807) is 7.05 Å². The summed E-state index contributed by atoms with van der Waals surface area (Å²) < 4.78 is 0. The molecule has 1 amide bonds. The van der Waals surface area contributed by atoms with Crippen LogP contribution in [0.1, 0.15) is 32.6 Å². The van der Waals surface area contributed by atoms with E-state index in [9.17, 15) is 4.79 Å². The Kier molecular flexibility index (Phi) is 4.04. The van der Waals surface area contributed by atoms with Gasteiger partial charge >= 0.3 is 0 Å². The largest absolute Gasteiger partial charge is 0.358 e. The first-order chi connectivity index (χ1) is 6.15. The fourth-order valence-electron chi connectivity index (χ4n) is 2.10. The Hall–Kier alpha value is -0.240. The average Bonchev–Trinajstić information content (AvgIpc) is 2.15. The lowest BCUT2D eigenvalue weighted by molar-refractivity contribution is -0.121. The van der Waals surface area contributed by atoms with E-state index in [1.807, 2.05) is 0 Å². The van der Waals surface area contributed by atoms with Crippen molar-refractivity contribution in [3.63, 3.8) is 0 Å². The molecule has 2 nitrogen and oxygen atoms in total. The predicted molar refractivity (Wildman–Crippen MR) is 54.8 cm³/mol. The van der Waals surface area contributed by atoms with E-state index in [1.165, 1.54) is 12.8 Å². The van der Waals surface area contributed by atoms with Crippen LogP contribution in [0.2, 0.25) is 0 Å². The van der Waals surface area contributed by atoms with Crippen molar-refractivity contribution in [2.24, 2.45) is 11.8 Å². The number of halogens is 1. The first-order valence-electron chi connectivity index (χ1n) is 5.00. The standard InChI is InChI=1S/C10H18ClNO/c1-7-4-3-5-8(6-7)9(11)10(13)12-2/h7-9H,3-6H2,1-2H3,(H,12,13). The quantitative estimate of drug-likeness (QED) is 0.685. The maximum atomic E-state index is 11.3. The summed E-state index contributed by atoms with van der Waals surface area (Å²) in [5, 5.41) is 2.28. The van der Waals surface area contributed by atoms with Gasteiger partial charge in [0.05, 0.1) is 0 Å². The Morgan fingerprint density at radius 1 is 1.54 bits per heavy atom. The Bertz CT molecular complexity index is 184. The smallest absolute Gasteiger partial charge is 0.238 e. The van der Waals surface area contributed by atoms with Crippen molar-refractivity contribution < 1.29 is 4.79 Å². The number of alkyl halides is 1. The highest BCUT2D eigenvalue weighted by atomic mass is 35.5. The number of hydrogen-bond donors (Lipinski definition) is 1. The number of amides is 1. The van der Waals surface area contributed by atoms with Gasteiger partial charge in [-0.3, -0.25) is 4.79 Å². The van der Waals surface area contributed by atoms with Gasteiger partial charge in [-0.05, 0) is 24.7 Å². The molecule has 0 bridgehead atoms. The highest BCUT2D eigenvalue weighted by Crippen LogP contribution is 2.32. The Labute approximate surface area is 85.0 Å². The molecule has 3 atom stereocenters. The van der Waals surface area contributed by atoms with Crippen molar-refractivity contribution in [3.8, 4) is 0 Å². The van der Waals surface area contributed by atoms with Gasteiger partial charge in [0.15, 0.2) is 0 Å². The molecule has 1 fully saturated rings. The third kappa shape index (κ3) is 2.87. The summed E-state index contributed by atoms with van der Waals surface area (Å²) in [5.74, 6) is 1.08. The molecular formula is C10H18ClNO. The molecule has 1 aliphatic carbocycles. The van der Waals surface area contributed by atoms with Crippen LogP contribution in [0, 0.1) is 11.8 Å². The zero-order valence-corrected chi connectivity index (χ0v) is 9.10. The van der Waals surface area contributed by atoms with Crippen LogP contribution in [0.4, 0.5) is 0 Å². The van der Waals surface area contributed by atoms with Gasteiger partial charge in [0.1, 0.15) is 5.38 Å². The molecule has 0 heterocycles. The van der Waals surface area contributed by atoms with E-state index in [0.717, 1.165) is 18.8 Å². The first kappa shape index (κ1) is 10.8. The molecule has 76 valence electrons. The molecule has 1 N–H and O–H groups in total. The third-order valence-electron chi connectivity index (χ3n) is 2.89. The monoisotopic (exact) mass is 203 g/mol. The maximum absolute atomic E-state index is 11.3. The lowest BCUT2D eigenvalue weighted by atomic mass is 9.80. The minimum absolute atomic E-state index is 0.0271. The molecule has 0 spiro atoms. The van der Waals surface area contributed by atoms with Crippen molar-refractivity contribution in [1.29, 1.82) is 0 Å². The number of rotatable bonds is 2. The van der Waals surface area contributed by atoms with E-state index in [-0.39, 0.29) is 11.3 Å². The minimum atomic E-state index is -0.326. The van der Waals surface area contributed by atoms with Crippen LogP contribution in [-0.2, 0) is 4.79 Å². The second-order valence-corrected chi connectivity index (χ2v) is 4.52. The van der Waals surface area contributed by atoms with Crippen LogP contribution in [0.3, 0.4) is 0 Å². The van der Waals surface area contributed by atoms with Crippen LogP contribution in [-0.4, -0.2) is 18.3 Å². The fourth-order valence-corrected chi connectivity index (χ4v) is 2.44. The molecule has 1 rings (SSSR count). The van der Waals surface area contributed by atoms with Gasteiger partial charge in [-0.15, -0.1) is 11.6 Å². The van der Waals surface area contributed by atoms with Gasteiger partial charge in [-0.2, -0.15) is 0 Å². The molecule has 1 aliphatic rings. The summed E-state index contributed by atoms with van der Waals surface area (Å²) in [4.78, 5) is 11.3. The number of hydrogen-bond acceptors (Lipinski definition) is 1. The van der Waals surface area contributed by atoms with Gasteiger partial charge in [0.25, 0.3) is 0 Å². The summed E-state index contributed by atoms with van der Waals surface area (Å²) in [6.07, 6.45) is 4.70. The summed E-state index contributed by atoms with van der Waals surface area (Å²) in [6.45, 7) is 2.24. The van der Waals surface area contributed by atoms with Crippen LogP contribution < -0.4 is 5.32 Å². The lowest BCUT2D eigenvalue weighted by Crippen LogP contribution is -2.35. The summed E-state index contributed by atoms with van der Waals surface area (Å²) in [7, 11) is 1.64. The number of nitrogens with one attached hydrogen (secondary N) is 1. The Morgan fingerprint density at radius 2 is 2.23 bits per heavy atom. The van der Waals surface area contributed by atoms with Crippen molar-refractivity contribution in [3.05, 3.63) is 0 Å². The molecule has 0 aromatic rings. The second-order valence-electron chi connectivity index (χ2n) is 4.05. The second kappa shape index (κ2) is 4.85. The van der Waals surface area contributed by atoms with Gasteiger partial charge in [0.2, 0.25) is 5.91 Å². The molecule has 0 aromatic heterocycles. The Morgan fingerprint density at radius 3 is 2.77 bits per heavy atom. The zero-order valence-electron chi connectivity index (χ0n) is 8.35. The highest BCUT2D eigenvalue weighted by molar-refractivity contribution is 6.30. The molecule has 0 aliphatic heterocycles. The molecular weight excluding hydrogens is 186 g/mol. The van der Waals surface area contributed by atoms with E-state index < -0.39 is 0 Å².